The Balaban J connectivity index is 2.03. The molecule has 0 unspecified atom stereocenters. The summed E-state index contributed by atoms with van der Waals surface area (Å²) in [5, 5.41) is 9.08. The summed E-state index contributed by atoms with van der Waals surface area (Å²) in [5.74, 6) is -2.17. The first-order chi connectivity index (χ1) is 8.50. The molecule has 1 saturated carbocycles. The number of carbonyl (C=O) groups excluding carboxylic acids is 2. The van der Waals surface area contributed by atoms with Crippen molar-refractivity contribution in [2.75, 3.05) is 26.7 Å². The van der Waals surface area contributed by atoms with Gasteiger partial charge in [0.05, 0.1) is 18.4 Å². The molecule has 1 saturated heterocycles. The molecule has 0 aromatic carbocycles. The van der Waals surface area contributed by atoms with E-state index in [4.69, 9.17) is 5.11 Å². The monoisotopic (exact) mass is 254 g/mol. The molecule has 1 heterocycles. The molecule has 0 aromatic heterocycles. The first-order valence-corrected chi connectivity index (χ1v) is 6.26. The number of nitrogens with zero attached hydrogens (tertiary/aromatic N) is 2. The van der Waals surface area contributed by atoms with E-state index < -0.39 is 17.8 Å². The van der Waals surface area contributed by atoms with Crippen LogP contribution in [-0.2, 0) is 14.4 Å². The van der Waals surface area contributed by atoms with E-state index in [1.54, 1.807) is 11.9 Å². The van der Waals surface area contributed by atoms with Crippen molar-refractivity contribution in [3.8, 4) is 0 Å². The molecule has 0 bridgehead atoms. The highest BCUT2D eigenvalue weighted by atomic mass is 16.4. The number of likely N-dealkylation sites (N-methyl/N-ethyl adjacent to an activating group) is 1. The predicted molar refractivity (Wildman–Crippen MR) is 62.7 cm³/mol. The SMILES string of the molecule is CN1CCN(C(=O)[C@@H]2CCC[C@@H]2C(=O)O)CC1=O. The number of hydrogen-bond donors (Lipinski definition) is 1. The second-order valence-corrected chi connectivity index (χ2v) is 5.06. The number of carbonyl (C=O) groups is 3. The summed E-state index contributed by atoms with van der Waals surface area (Å²) in [7, 11) is 1.71. The highest BCUT2D eigenvalue weighted by molar-refractivity contribution is 5.89. The lowest BCUT2D eigenvalue weighted by atomic mass is 9.94. The Morgan fingerprint density at radius 1 is 1.22 bits per heavy atom. The van der Waals surface area contributed by atoms with Crippen LogP contribution in [0.4, 0.5) is 0 Å². The minimum Gasteiger partial charge on any atom is -0.481 e. The van der Waals surface area contributed by atoms with Gasteiger partial charge in [-0.2, -0.15) is 0 Å². The Labute approximate surface area is 106 Å². The average Bonchev–Trinajstić information content (AvgIpc) is 2.81. The third kappa shape index (κ3) is 2.32. The van der Waals surface area contributed by atoms with E-state index in [0.29, 0.717) is 25.9 Å². The van der Waals surface area contributed by atoms with Gasteiger partial charge in [-0.15, -0.1) is 0 Å². The average molecular weight is 254 g/mol. The van der Waals surface area contributed by atoms with E-state index in [1.807, 2.05) is 0 Å². The van der Waals surface area contributed by atoms with E-state index >= 15 is 0 Å². The fourth-order valence-electron chi connectivity index (χ4n) is 2.73. The van der Waals surface area contributed by atoms with E-state index in [9.17, 15) is 14.4 Å². The molecule has 2 atom stereocenters. The summed E-state index contributed by atoms with van der Waals surface area (Å²) in [6.07, 6.45) is 1.96. The summed E-state index contributed by atoms with van der Waals surface area (Å²) >= 11 is 0. The lowest BCUT2D eigenvalue weighted by molar-refractivity contribution is -0.152. The standard InChI is InChI=1S/C12H18N2O4/c1-13-5-6-14(7-10(13)15)11(16)8-3-2-4-9(8)12(17)18/h8-9H,2-7H2,1H3,(H,17,18)/t8-,9+/m1/s1. The van der Waals surface area contributed by atoms with Crippen molar-refractivity contribution >= 4 is 17.8 Å². The van der Waals surface area contributed by atoms with Crippen molar-refractivity contribution in [3.63, 3.8) is 0 Å². The van der Waals surface area contributed by atoms with Crippen molar-refractivity contribution in [1.29, 1.82) is 0 Å². The molecule has 6 heteroatoms. The van der Waals surface area contributed by atoms with E-state index in [-0.39, 0.29) is 18.4 Å². The molecule has 2 aliphatic rings. The first-order valence-electron chi connectivity index (χ1n) is 6.26. The van der Waals surface area contributed by atoms with Crippen LogP contribution >= 0.6 is 0 Å². The Hall–Kier alpha value is -1.59. The molecular formula is C12H18N2O4. The molecule has 2 fully saturated rings. The molecule has 2 rings (SSSR count). The van der Waals surface area contributed by atoms with Gasteiger partial charge in [0.1, 0.15) is 0 Å². The van der Waals surface area contributed by atoms with Gasteiger partial charge in [-0.3, -0.25) is 14.4 Å². The molecule has 0 radical (unpaired) electrons. The quantitative estimate of drug-likeness (QED) is 0.739. The molecule has 0 aromatic rings. The largest absolute Gasteiger partial charge is 0.481 e. The number of aliphatic carboxylic acids is 1. The zero-order chi connectivity index (χ0) is 13.3. The zero-order valence-corrected chi connectivity index (χ0v) is 10.5. The van der Waals surface area contributed by atoms with Crippen LogP contribution in [0.2, 0.25) is 0 Å². The zero-order valence-electron chi connectivity index (χ0n) is 10.5. The highest BCUT2D eigenvalue weighted by Gasteiger charge is 2.40. The second kappa shape index (κ2) is 4.96. The number of amides is 2. The smallest absolute Gasteiger partial charge is 0.307 e. The van der Waals surface area contributed by atoms with Crippen LogP contribution in [0.5, 0.6) is 0 Å². The molecule has 6 nitrogen and oxygen atoms in total. The predicted octanol–water partition coefficient (Wildman–Crippen LogP) is -0.212. The highest BCUT2D eigenvalue weighted by Crippen LogP contribution is 2.33. The molecule has 2 amide bonds. The topological polar surface area (TPSA) is 77.9 Å². The maximum atomic E-state index is 12.3. The van der Waals surface area contributed by atoms with Crippen LogP contribution in [0.15, 0.2) is 0 Å². The Bertz CT molecular complexity index is 382. The van der Waals surface area contributed by atoms with Crippen LogP contribution in [0.3, 0.4) is 0 Å². The van der Waals surface area contributed by atoms with Gasteiger partial charge >= 0.3 is 5.97 Å². The van der Waals surface area contributed by atoms with Crippen molar-refractivity contribution < 1.29 is 19.5 Å². The summed E-state index contributed by atoms with van der Waals surface area (Å²) in [5.41, 5.74) is 0. The van der Waals surface area contributed by atoms with Crippen molar-refractivity contribution in [1.82, 2.24) is 9.80 Å². The Morgan fingerprint density at radius 2 is 1.89 bits per heavy atom. The van der Waals surface area contributed by atoms with Crippen LogP contribution < -0.4 is 0 Å². The van der Waals surface area contributed by atoms with Gasteiger partial charge in [0, 0.05) is 20.1 Å². The first kappa shape index (κ1) is 12.9. The number of carboxylic acids is 1. The Morgan fingerprint density at radius 3 is 2.50 bits per heavy atom. The summed E-state index contributed by atoms with van der Waals surface area (Å²) in [6.45, 7) is 1.11. The van der Waals surface area contributed by atoms with E-state index in [1.165, 1.54) is 4.90 Å². The van der Waals surface area contributed by atoms with Gasteiger partial charge in [0.2, 0.25) is 11.8 Å². The number of carboxylic acid groups (broad SMARTS) is 1. The minimum absolute atomic E-state index is 0.0815. The van der Waals surface area contributed by atoms with Gasteiger partial charge in [-0.05, 0) is 12.8 Å². The van der Waals surface area contributed by atoms with Gasteiger partial charge in [0.25, 0.3) is 0 Å². The van der Waals surface area contributed by atoms with Crippen molar-refractivity contribution in [2.24, 2.45) is 11.8 Å². The van der Waals surface area contributed by atoms with Gasteiger partial charge in [-0.25, -0.2) is 0 Å². The van der Waals surface area contributed by atoms with Crippen LogP contribution in [0.25, 0.3) is 0 Å². The third-order valence-corrected chi connectivity index (χ3v) is 3.92. The molecule has 100 valence electrons. The van der Waals surface area contributed by atoms with Gasteiger partial charge in [0.15, 0.2) is 0 Å². The van der Waals surface area contributed by atoms with Crippen molar-refractivity contribution in [3.05, 3.63) is 0 Å². The van der Waals surface area contributed by atoms with Crippen LogP contribution in [0, 0.1) is 11.8 Å². The maximum Gasteiger partial charge on any atom is 0.307 e. The van der Waals surface area contributed by atoms with Crippen molar-refractivity contribution in [2.45, 2.75) is 19.3 Å². The van der Waals surface area contributed by atoms with E-state index in [0.717, 1.165) is 6.42 Å². The summed E-state index contributed by atoms with van der Waals surface area (Å²) in [4.78, 5) is 38.0. The molecule has 1 N–H and O–H groups in total. The lowest BCUT2D eigenvalue weighted by Crippen LogP contribution is -2.52. The maximum absolute atomic E-state index is 12.3. The molecular weight excluding hydrogens is 236 g/mol. The van der Waals surface area contributed by atoms with Gasteiger partial charge < -0.3 is 14.9 Å². The Kier molecular flexibility index (Phi) is 3.54. The fraction of sp³-hybridized carbons (Fsp3) is 0.750. The number of rotatable bonds is 2. The third-order valence-electron chi connectivity index (χ3n) is 3.92. The number of hydrogen-bond acceptors (Lipinski definition) is 3. The van der Waals surface area contributed by atoms with Crippen LogP contribution in [0.1, 0.15) is 19.3 Å². The summed E-state index contributed by atoms with van der Waals surface area (Å²) < 4.78 is 0. The second-order valence-electron chi connectivity index (χ2n) is 5.06. The normalized spacial score (nSPS) is 28.6. The molecule has 1 aliphatic heterocycles. The van der Waals surface area contributed by atoms with Gasteiger partial charge in [-0.1, -0.05) is 6.42 Å². The summed E-state index contributed by atoms with van der Waals surface area (Å²) in [6, 6.07) is 0. The fourth-order valence-corrected chi connectivity index (χ4v) is 2.73. The number of piperazine rings is 1. The lowest BCUT2D eigenvalue weighted by Gasteiger charge is -2.34. The van der Waals surface area contributed by atoms with Crippen LogP contribution in [-0.4, -0.2) is 59.4 Å². The van der Waals surface area contributed by atoms with E-state index in [2.05, 4.69) is 0 Å². The molecule has 18 heavy (non-hydrogen) atoms. The molecule has 1 aliphatic carbocycles. The molecule has 0 spiro atoms. The minimum atomic E-state index is -0.897.